The maximum Gasteiger partial charge on any atom is 0.238 e. The minimum atomic E-state index is -3.69. The molecule has 0 saturated carbocycles. The molecule has 1 aliphatic heterocycles. The molecule has 0 aliphatic carbocycles. The fourth-order valence-corrected chi connectivity index (χ4v) is 5.54. The molecule has 0 bridgehead atoms. The average molecular weight is 477 g/mol. The van der Waals surface area contributed by atoms with Crippen molar-refractivity contribution in [2.45, 2.75) is 49.1 Å². The van der Waals surface area contributed by atoms with E-state index < -0.39 is 10.0 Å². The van der Waals surface area contributed by atoms with Crippen molar-refractivity contribution < 1.29 is 8.42 Å². The van der Waals surface area contributed by atoms with Crippen LogP contribution in [-0.2, 0) is 10.0 Å². The second kappa shape index (κ2) is 11.5. The van der Waals surface area contributed by atoms with Gasteiger partial charge in [-0.25, -0.2) is 13.6 Å². The molecule has 3 N–H and O–H groups in total. The first-order valence-corrected chi connectivity index (χ1v) is 13.8. The second-order valence-electron chi connectivity index (χ2n) is 8.75. The van der Waals surface area contributed by atoms with Gasteiger partial charge in [0.1, 0.15) is 0 Å². The maximum absolute atomic E-state index is 11.7. The fourth-order valence-electron chi connectivity index (χ4n) is 3.95. The number of nitrogens with zero attached hydrogens (tertiary/aromatic N) is 2. The highest BCUT2D eigenvalue weighted by Crippen LogP contribution is 2.24. The van der Waals surface area contributed by atoms with E-state index in [-0.39, 0.29) is 10.9 Å². The Morgan fingerprint density at radius 3 is 2.34 bits per heavy atom. The maximum atomic E-state index is 11.7. The number of nitrogens with one attached hydrogen (secondary N) is 1. The van der Waals surface area contributed by atoms with Crippen molar-refractivity contribution in [2.24, 2.45) is 5.14 Å². The quantitative estimate of drug-likeness (QED) is 0.510. The van der Waals surface area contributed by atoms with Crippen LogP contribution < -0.4 is 10.5 Å². The van der Waals surface area contributed by atoms with Crippen LogP contribution in [0.1, 0.15) is 25.8 Å². The molecule has 2 aromatic rings. The van der Waals surface area contributed by atoms with Gasteiger partial charge in [-0.2, -0.15) is 0 Å². The first-order chi connectivity index (χ1) is 15.2. The molecule has 0 amide bonds. The molecule has 0 aromatic heterocycles. The number of thioether (sulfide) groups is 1. The largest absolute Gasteiger partial charge is 0.381 e. The van der Waals surface area contributed by atoms with E-state index in [1.165, 1.54) is 4.90 Å². The van der Waals surface area contributed by atoms with Crippen molar-refractivity contribution in [2.75, 3.05) is 43.8 Å². The standard InChI is InChI=1S/C24H36N4O2S2/c1-19(2)28-15-13-27(14-16-28)12-11-21(18-31-22-7-5-4-6-8-22)26-24-10-9-23(17-20(24)3)32(25,29)30/h4-10,17,19,21,26H,11-16,18H2,1-3H3,(H2,25,29,30)/t21-/m1/s1. The highest BCUT2D eigenvalue weighted by atomic mass is 32.2. The van der Waals surface area contributed by atoms with Crippen LogP contribution in [0.4, 0.5) is 5.69 Å². The van der Waals surface area contributed by atoms with Gasteiger partial charge in [0.05, 0.1) is 4.90 Å². The summed E-state index contributed by atoms with van der Waals surface area (Å²) in [6, 6.07) is 16.4. The van der Waals surface area contributed by atoms with Crippen LogP contribution in [0.5, 0.6) is 0 Å². The van der Waals surface area contributed by atoms with E-state index in [1.54, 1.807) is 12.1 Å². The third-order valence-electron chi connectivity index (χ3n) is 6.01. The van der Waals surface area contributed by atoms with Gasteiger partial charge < -0.3 is 10.2 Å². The highest BCUT2D eigenvalue weighted by Gasteiger charge is 2.20. The van der Waals surface area contributed by atoms with Crippen molar-refractivity contribution >= 4 is 27.5 Å². The summed E-state index contributed by atoms with van der Waals surface area (Å²) in [7, 11) is -3.69. The Labute approximate surface area is 197 Å². The molecule has 0 unspecified atom stereocenters. The molecule has 176 valence electrons. The third kappa shape index (κ3) is 7.49. The molecule has 6 nitrogen and oxygen atoms in total. The van der Waals surface area contributed by atoms with Crippen LogP contribution in [-0.4, -0.2) is 68.8 Å². The van der Waals surface area contributed by atoms with Gasteiger partial charge in [0.2, 0.25) is 10.0 Å². The van der Waals surface area contributed by atoms with Crippen molar-refractivity contribution in [3.8, 4) is 0 Å². The fraction of sp³-hybridized carbons (Fsp3) is 0.500. The predicted molar refractivity (Wildman–Crippen MR) is 135 cm³/mol. The Morgan fingerprint density at radius 2 is 1.75 bits per heavy atom. The van der Waals surface area contributed by atoms with Crippen LogP contribution in [0.15, 0.2) is 58.3 Å². The monoisotopic (exact) mass is 476 g/mol. The molecular weight excluding hydrogens is 440 g/mol. The molecule has 1 atom stereocenters. The number of sulfonamides is 1. The summed E-state index contributed by atoms with van der Waals surface area (Å²) in [5.74, 6) is 0.937. The normalized spacial score (nSPS) is 16.9. The van der Waals surface area contributed by atoms with E-state index >= 15 is 0 Å². The summed E-state index contributed by atoms with van der Waals surface area (Å²) < 4.78 is 23.3. The Bertz CT molecular complexity index is 959. The Balaban J connectivity index is 1.64. The lowest BCUT2D eigenvalue weighted by atomic mass is 10.1. The number of rotatable bonds is 10. The molecule has 0 radical (unpaired) electrons. The van der Waals surface area contributed by atoms with Gasteiger partial charge in [0.15, 0.2) is 0 Å². The van der Waals surface area contributed by atoms with Gasteiger partial charge in [-0.3, -0.25) is 4.90 Å². The average Bonchev–Trinajstić information content (AvgIpc) is 2.77. The lowest BCUT2D eigenvalue weighted by Crippen LogP contribution is -2.49. The zero-order chi connectivity index (χ0) is 23.1. The van der Waals surface area contributed by atoms with Crippen molar-refractivity contribution in [3.05, 3.63) is 54.1 Å². The molecule has 32 heavy (non-hydrogen) atoms. The number of nitrogens with two attached hydrogens (primary N) is 1. The molecule has 8 heteroatoms. The summed E-state index contributed by atoms with van der Waals surface area (Å²) in [5.41, 5.74) is 1.84. The van der Waals surface area contributed by atoms with Gasteiger partial charge >= 0.3 is 0 Å². The second-order valence-corrected chi connectivity index (χ2v) is 11.4. The van der Waals surface area contributed by atoms with Crippen LogP contribution in [0.25, 0.3) is 0 Å². The lowest BCUT2D eigenvalue weighted by molar-refractivity contribution is 0.107. The third-order valence-corrected chi connectivity index (χ3v) is 8.10. The summed E-state index contributed by atoms with van der Waals surface area (Å²) >= 11 is 1.85. The molecule has 1 heterocycles. The zero-order valence-corrected chi connectivity index (χ0v) is 21.0. The van der Waals surface area contributed by atoms with Gasteiger partial charge in [-0.15, -0.1) is 11.8 Å². The van der Waals surface area contributed by atoms with Crippen LogP contribution in [0, 0.1) is 6.92 Å². The molecule has 2 aromatic carbocycles. The first-order valence-electron chi connectivity index (χ1n) is 11.3. The number of aryl methyl sites for hydroxylation is 1. The first kappa shape index (κ1) is 25.1. The Kier molecular flexibility index (Phi) is 9.02. The molecule has 1 saturated heterocycles. The predicted octanol–water partition coefficient (Wildman–Crippen LogP) is 3.63. The van der Waals surface area contributed by atoms with E-state index in [0.717, 1.165) is 56.1 Å². The van der Waals surface area contributed by atoms with Crippen LogP contribution >= 0.6 is 11.8 Å². The topological polar surface area (TPSA) is 78.7 Å². The van der Waals surface area contributed by atoms with E-state index in [9.17, 15) is 8.42 Å². The molecule has 0 spiro atoms. The van der Waals surface area contributed by atoms with E-state index in [1.807, 2.05) is 30.8 Å². The van der Waals surface area contributed by atoms with E-state index in [0.29, 0.717) is 6.04 Å². The number of hydrogen-bond acceptors (Lipinski definition) is 6. The van der Waals surface area contributed by atoms with Crippen molar-refractivity contribution in [1.82, 2.24) is 9.80 Å². The lowest BCUT2D eigenvalue weighted by Gasteiger charge is -2.37. The minimum Gasteiger partial charge on any atom is -0.381 e. The molecule has 1 aliphatic rings. The summed E-state index contributed by atoms with van der Waals surface area (Å²) in [5, 5.41) is 8.96. The van der Waals surface area contributed by atoms with Gasteiger partial charge in [0, 0.05) is 61.1 Å². The van der Waals surface area contributed by atoms with Gasteiger partial charge in [-0.05, 0) is 63.1 Å². The molecular formula is C24H36N4O2S2. The van der Waals surface area contributed by atoms with Crippen molar-refractivity contribution in [3.63, 3.8) is 0 Å². The number of piperazine rings is 1. The molecule has 1 fully saturated rings. The highest BCUT2D eigenvalue weighted by molar-refractivity contribution is 7.99. The number of benzene rings is 2. The SMILES string of the molecule is Cc1cc(S(N)(=O)=O)ccc1N[C@H](CCN1CCN(C(C)C)CC1)CSc1ccccc1. The van der Waals surface area contributed by atoms with E-state index in [4.69, 9.17) is 5.14 Å². The van der Waals surface area contributed by atoms with Crippen molar-refractivity contribution in [1.29, 1.82) is 0 Å². The minimum absolute atomic E-state index is 0.152. The van der Waals surface area contributed by atoms with Gasteiger partial charge in [-0.1, -0.05) is 18.2 Å². The Morgan fingerprint density at radius 1 is 1.06 bits per heavy atom. The Hall–Kier alpha value is -1.58. The summed E-state index contributed by atoms with van der Waals surface area (Å²) in [6.07, 6.45) is 1.03. The number of primary sulfonamides is 1. The summed E-state index contributed by atoms with van der Waals surface area (Å²) in [6.45, 7) is 12.0. The number of hydrogen-bond donors (Lipinski definition) is 2. The zero-order valence-electron chi connectivity index (χ0n) is 19.3. The van der Waals surface area contributed by atoms with Crippen LogP contribution in [0.3, 0.4) is 0 Å². The van der Waals surface area contributed by atoms with Gasteiger partial charge in [0.25, 0.3) is 0 Å². The number of anilines is 1. The molecule has 3 rings (SSSR count). The smallest absolute Gasteiger partial charge is 0.238 e. The summed E-state index contributed by atoms with van der Waals surface area (Å²) in [4.78, 5) is 6.50. The van der Waals surface area contributed by atoms with E-state index in [2.05, 4.69) is 53.2 Å². The van der Waals surface area contributed by atoms with Crippen LogP contribution in [0.2, 0.25) is 0 Å².